The van der Waals surface area contributed by atoms with Crippen molar-refractivity contribution in [3.8, 4) is 5.69 Å². The number of hydrogen-bond donors (Lipinski definition) is 1. The third kappa shape index (κ3) is 2.43. The molecule has 1 aromatic heterocycles. The zero-order valence-corrected chi connectivity index (χ0v) is 11.2. The van der Waals surface area contributed by atoms with Crippen molar-refractivity contribution in [3.63, 3.8) is 0 Å². The second kappa shape index (κ2) is 5.17. The van der Waals surface area contributed by atoms with Crippen molar-refractivity contribution >= 4 is 0 Å². The Kier molecular flexibility index (Phi) is 3.38. The average molecular weight is 256 g/mol. The Morgan fingerprint density at radius 2 is 2.05 bits per heavy atom. The first-order chi connectivity index (χ1) is 9.25. The minimum absolute atomic E-state index is 0.380. The minimum Gasteiger partial charge on any atom is -0.388 e. The first-order valence-electron chi connectivity index (χ1n) is 7.04. The quantitative estimate of drug-likeness (QED) is 0.914. The van der Waals surface area contributed by atoms with Crippen LogP contribution in [0.15, 0.2) is 42.7 Å². The van der Waals surface area contributed by atoms with Crippen LogP contribution in [0.2, 0.25) is 0 Å². The van der Waals surface area contributed by atoms with E-state index >= 15 is 0 Å². The number of benzene rings is 1. The predicted octanol–water partition coefficient (Wildman–Crippen LogP) is 3.34. The van der Waals surface area contributed by atoms with Crippen molar-refractivity contribution in [3.05, 3.63) is 48.3 Å². The van der Waals surface area contributed by atoms with Gasteiger partial charge in [0.1, 0.15) is 0 Å². The number of aromatic nitrogens is 2. The molecule has 3 heteroatoms. The molecule has 3 rings (SSSR count). The molecule has 1 heterocycles. The Hall–Kier alpha value is -1.61. The summed E-state index contributed by atoms with van der Waals surface area (Å²) in [7, 11) is 0. The highest BCUT2D eigenvalue weighted by molar-refractivity contribution is 5.31. The van der Waals surface area contributed by atoms with Crippen molar-refractivity contribution in [1.82, 2.24) is 9.78 Å². The van der Waals surface area contributed by atoms with Gasteiger partial charge in [-0.3, -0.25) is 0 Å². The van der Waals surface area contributed by atoms with Gasteiger partial charge in [0.2, 0.25) is 0 Å². The molecule has 1 aliphatic carbocycles. The summed E-state index contributed by atoms with van der Waals surface area (Å²) in [6, 6.07) is 10.0. The van der Waals surface area contributed by atoms with Gasteiger partial charge in [0.15, 0.2) is 0 Å². The maximum atomic E-state index is 10.5. The standard InChI is InChI=1S/C16H20N2O/c1-12-6-5-9-15(12)16(19)13-10-17-18(11-13)14-7-3-2-4-8-14/h2-4,7-8,10-12,15-16,19H,5-6,9H2,1H3. The van der Waals surface area contributed by atoms with Gasteiger partial charge in [0, 0.05) is 11.8 Å². The van der Waals surface area contributed by atoms with Crippen LogP contribution in [-0.2, 0) is 0 Å². The molecule has 0 bridgehead atoms. The summed E-state index contributed by atoms with van der Waals surface area (Å²) in [5.74, 6) is 0.989. The highest BCUT2D eigenvalue weighted by Gasteiger charge is 2.31. The summed E-state index contributed by atoms with van der Waals surface area (Å²) in [5, 5.41) is 14.9. The number of para-hydroxylation sites is 1. The lowest BCUT2D eigenvalue weighted by Crippen LogP contribution is -2.14. The molecular weight excluding hydrogens is 236 g/mol. The lowest BCUT2D eigenvalue weighted by molar-refractivity contribution is 0.0900. The molecule has 3 unspecified atom stereocenters. The molecule has 0 aliphatic heterocycles. The minimum atomic E-state index is -0.380. The first kappa shape index (κ1) is 12.4. The van der Waals surface area contributed by atoms with Crippen molar-refractivity contribution in [1.29, 1.82) is 0 Å². The Bertz CT molecular complexity index is 535. The van der Waals surface area contributed by atoms with E-state index in [0.29, 0.717) is 11.8 Å². The SMILES string of the molecule is CC1CCCC1C(O)c1cnn(-c2ccccc2)c1. The van der Waals surface area contributed by atoms with E-state index in [0.717, 1.165) is 17.7 Å². The lowest BCUT2D eigenvalue weighted by Gasteiger charge is -2.20. The molecule has 0 radical (unpaired) electrons. The number of aliphatic hydroxyl groups is 1. The van der Waals surface area contributed by atoms with Crippen LogP contribution in [0.5, 0.6) is 0 Å². The Labute approximate surface area is 113 Å². The summed E-state index contributed by atoms with van der Waals surface area (Å²) in [6.45, 7) is 2.24. The molecule has 3 atom stereocenters. The van der Waals surface area contributed by atoms with Gasteiger partial charge in [-0.2, -0.15) is 5.10 Å². The van der Waals surface area contributed by atoms with E-state index in [9.17, 15) is 5.11 Å². The number of rotatable bonds is 3. The van der Waals surface area contributed by atoms with Crippen LogP contribution < -0.4 is 0 Å². The van der Waals surface area contributed by atoms with Crippen LogP contribution in [-0.4, -0.2) is 14.9 Å². The maximum absolute atomic E-state index is 10.5. The van der Waals surface area contributed by atoms with E-state index in [2.05, 4.69) is 12.0 Å². The number of aliphatic hydroxyl groups excluding tert-OH is 1. The van der Waals surface area contributed by atoms with Crippen molar-refractivity contribution in [2.45, 2.75) is 32.3 Å². The summed E-state index contributed by atoms with van der Waals surface area (Å²) in [4.78, 5) is 0. The predicted molar refractivity (Wildman–Crippen MR) is 75.0 cm³/mol. The second-order valence-corrected chi connectivity index (χ2v) is 5.57. The largest absolute Gasteiger partial charge is 0.388 e. The fourth-order valence-electron chi connectivity index (χ4n) is 3.10. The molecule has 1 N–H and O–H groups in total. The van der Waals surface area contributed by atoms with E-state index in [1.54, 1.807) is 6.20 Å². The molecule has 2 aromatic rings. The van der Waals surface area contributed by atoms with Crippen molar-refractivity contribution < 1.29 is 5.11 Å². The highest BCUT2D eigenvalue weighted by Crippen LogP contribution is 2.39. The molecule has 1 fully saturated rings. The van der Waals surface area contributed by atoms with E-state index < -0.39 is 0 Å². The van der Waals surface area contributed by atoms with Crippen LogP contribution in [0.1, 0.15) is 37.9 Å². The molecule has 0 saturated heterocycles. The van der Waals surface area contributed by atoms with Crippen LogP contribution in [0.25, 0.3) is 5.69 Å². The Balaban J connectivity index is 1.81. The van der Waals surface area contributed by atoms with Crippen LogP contribution >= 0.6 is 0 Å². The van der Waals surface area contributed by atoms with Gasteiger partial charge in [-0.05, 0) is 30.4 Å². The fourth-order valence-corrected chi connectivity index (χ4v) is 3.10. The molecule has 1 aromatic carbocycles. The van der Waals surface area contributed by atoms with E-state index in [-0.39, 0.29) is 6.10 Å². The van der Waals surface area contributed by atoms with Gasteiger partial charge < -0.3 is 5.11 Å². The molecule has 1 aliphatic rings. The molecule has 19 heavy (non-hydrogen) atoms. The van der Waals surface area contributed by atoms with E-state index in [4.69, 9.17) is 0 Å². The lowest BCUT2D eigenvalue weighted by atomic mass is 9.89. The maximum Gasteiger partial charge on any atom is 0.0851 e. The first-order valence-corrected chi connectivity index (χ1v) is 7.04. The average Bonchev–Trinajstić information content (AvgIpc) is 3.08. The third-order valence-electron chi connectivity index (χ3n) is 4.30. The number of nitrogens with zero attached hydrogens (tertiary/aromatic N) is 2. The molecule has 0 spiro atoms. The van der Waals surface area contributed by atoms with E-state index in [1.165, 1.54) is 12.8 Å². The third-order valence-corrected chi connectivity index (χ3v) is 4.30. The Morgan fingerprint density at radius 3 is 2.74 bits per heavy atom. The van der Waals surface area contributed by atoms with Gasteiger partial charge >= 0.3 is 0 Å². The zero-order chi connectivity index (χ0) is 13.2. The second-order valence-electron chi connectivity index (χ2n) is 5.57. The number of hydrogen-bond acceptors (Lipinski definition) is 2. The molecule has 100 valence electrons. The van der Waals surface area contributed by atoms with Crippen molar-refractivity contribution in [2.75, 3.05) is 0 Å². The van der Waals surface area contributed by atoms with Gasteiger partial charge in [-0.15, -0.1) is 0 Å². The van der Waals surface area contributed by atoms with Crippen LogP contribution in [0.3, 0.4) is 0 Å². The summed E-state index contributed by atoms with van der Waals surface area (Å²) in [6.07, 6.45) is 6.95. The van der Waals surface area contributed by atoms with Gasteiger partial charge in [0.05, 0.1) is 18.0 Å². The zero-order valence-electron chi connectivity index (χ0n) is 11.2. The summed E-state index contributed by atoms with van der Waals surface area (Å²) in [5.41, 5.74) is 1.96. The van der Waals surface area contributed by atoms with Crippen LogP contribution in [0, 0.1) is 11.8 Å². The molecular formula is C16H20N2O. The molecule has 1 saturated carbocycles. The highest BCUT2D eigenvalue weighted by atomic mass is 16.3. The molecule has 3 nitrogen and oxygen atoms in total. The molecule has 0 amide bonds. The fraction of sp³-hybridized carbons (Fsp3) is 0.438. The monoisotopic (exact) mass is 256 g/mol. The van der Waals surface area contributed by atoms with Gasteiger partial charge in [0.25, 0.3) is 0 Å². The van der Waals surface area contributed by atoms with Crippen molar-refractivity contribution in [2.24, 2.45) is 11.8 Å². The van der Waals surface area contributed by atoms with E-state index in [1.807, 2.05) is 41.2 Å². The van der Waals surface area contributed by atoms with Crippen LogP contribution in [0.4, 0.5) is 0 Å². The summed E-state index contributed by atoms with van der Waals surface area (Å²) >= 11 is 0. The Morgan fingerprint density at radius 1 is 1.26 bits per heavy atom. The topological polar surface area (TPSA) is 38.1 Å². The van der Waals surface area contributed by atoms with Gasteiger partial charge in [-0.1, -0.05) is 38.0 Å². The smallest absolute Gasteiger partial charge is 0.0851 e. The summed E-state index contributed by atoms with van der Waals surface area (Å²) < 4.78 is 1.83. The van der Waals surface area contributed by atoms with Gasteiger partial charge in [-0.25, -0.2) is 4.68 Å². The normalized spacial score (nSPS) is 24.5.